The van der Waals surface area contributed by atoms with Gasteiger partial charge in [-0.05, 0) is 18.9 Å². The molecule has 124 valence electrons. The number of aryl methyl sites for hydroxylation is 1. The second-order valence-electron chi connectivity index (χ2n) is 5.33. The number of aliphatic hydroxyl groups is 1. The molecule has 1 aliphatic carbocycles. The number of ketones is 2. The average Bonchev–Trinajstić information content (AvgIpc) is 3.02. The van der Waals surface area contributed by atoms with Crippen molar-refractivity contribution < 1.29 is 27.9 Å². The zero-order chi connectivity index (χ0) is 17.5. The zero-order valence-corrected chi connectivity index (χ0v) is 13.0. The number of carbonyl (C=O) groups is 2. The van der Waals surface area contributed by atoms with Gasteiger partial charge in [-0.25, -0.2) is 0 Å². The second kappa shape index (κ2) is 5.90. The van der Waals surface area contributed by atoms with Crippen LogP contribution >= 0.6 is 11.3 Å². The maximum Gasteiger partial charge on any atom is 0.417 e. The number of hydrogen-bond donors (Lipinski definition) is 1. The Morgan fingerprint density at radius 2 is 1.62 bits per heavy atom. The van der Waals surface area contributed by atoms with Crippen LogP contribution in [0.5, 0.6) is 0 Å². The first kappa shape index (κ1) is 16.4. The second-order valence-corrected chi connectivity index (χ2v) is 6.33. The van der Waals surface area contributed by atoms with Crippen LogP contribution in [0, 0.1) is 0 Å². The van der Waals surface area contributed by atoms with Gasteiger partial charge in [0.1, 0.15) is 0 Å². The molecule has 0 spiro atoms. The van der Waals surface area contributed by atoms with Crippen molar-refractivity contribution in [3.8, 4) is 0 Å². The van der Waals surface area contributed by atoms with Gasteiger partial charge in [-0.15, -0.1) is 11.3 Å². The van der Waals surface area contributed by atoms with E-state index in [0.717, 1.165) is 22.8 Å². The van der Waals surface area contributed by atoms with Crippen molar-refractivity contribution in [2.24, 2.45) is 0 Å². The molecule has 0 unspecified atom stereocenters. The largest absolute Gasteiger partial charge is 0.504 e. The summed E-state index contributed by atoms with van der Waals surface area (Å²) >= 11 is 0.933. The van der Waals surface area contributed by atoms with Crippen molar-refractivity contribution in [3.05, 3.63) is 68.6 Å². The average molecular weight is 352 g/mol. The maximum absolute atomic E-state index is 12.6. The molecule has 1 aromatic heterocycles. The predicted octanol–water partition coefficient (Wildman–Crippen LogP) is 4.59. The number of benzene rings is 1. The van der Waals surface area contributed by atoms with Crippen molar-refractivity contribution in [3.63, 3.8) is 0 Å². The molecule has 0 saturated heterocycles. The van der Waals surface area contributed by atoms with Crippen LogP contribution in [0.1, 0.15) is 37.6 Å². The van der Waals surface area contributed by atoms with Gasteiger partial charge >= 0.3 is 6.18 Å². The normalized spacial score (nSPS) is 15.0. The van der Waals surface area contributed by atoms with Crippen molar-refractivity contribution in [1.82, 2.24) is 0 Å². The smallest absolute Gasteiger partial charge is 0.417 e. The molecule has 0 bridgehead atoms. The molecule has 0 fully saturated rings. The van der Waals surface area contributed by atoms with E-state index in [1.165, 1.54) is 12.1 Å². The lowest BCUT2D eigenvalue weighted by molar-refractivity contribution is -0.137. The van der Waals surface area contributed by atoms with Crippen LogP contribution in [0.25, 0.3) is 0 Å². The van der Waals surface area contributed by atoms with E-state index in [1.54, 1.807) is 12.1 Å². The third-order valence-corrected chi connectivity index (χ3v) is 4.79. The highest BCUT2D eigenvalue weighted by atomic mass is 32.1. The van der Waals surface area contributed by atoms with Gasteiger partial charge in [-0.1, -0.05) is 24.3 Å². The molecule has 1 aliphatic rings. The Morgan fingerprint density at radius 3 is 2.21 bits per heavy atom. The van der Waals surface area contributed by atoms with Gasteiger partial charge in [-0.2, -0.15) is 13.2 Å². The van der Waals surface area contributed by atoms with E-state index in [1.807, 2.05) is 0 Å². The van der Waals surface area contributed by atoms with Gasteiger partial charge in [0.15, 0.2) is 11.5 Å². The number of hydrogen-bond acceptors (Lipinski definition) is 4. The zero-order valence-electron chi connectivity index (χ0n) is 12.2. The highest BCUT2D eigenvalue weighted by molar-refractivity contribution is 7.10. The Kier molecular flexibility index (Phi) is 4.04. The molecule has 0 radical (unpaired) electrons. The van der Waals surface area contributed by atoms with Crippen LogP contribution in [0.4, 0.5) is 13.2 Å². The van der Waals surface area contributed by atoms with Crippen LogP contribution in [0.2, 0.25) is 0 Å². The summed E-state index contributed by atoms with van der Waals surface area (Å²) in [5.74, 6) is -1.72. The van der Waals surface area contributed by atoms with E-state index in [0.29, 0.717) is 4.88 Å². The fourth-order valence-electron chi connectivity index (χ4n) is 2.55. The van der Waals surface area contributed by atoms with E-state index in [4.69, 9.17) is 0 Å². The number of Topliss-reactive ketones (excluding diaryl/α,β-unsaturated/α-hetero) is 2. The number of thiophene rings is 1. The molecule has 3 nitrogen and oxygen atoms in total. The lowest BCUT2D eigenvalue weighted by Gasteiger charge is -2.17. The van der Waals surface area contributed by atoms with Crippen LogP contribution in [-0.2, 0) is 12.6 Å². The minimum absolute atomic E-state index is 0.00253. The van der Waals surface area contributed by atoms with Crippen LogP contribution in [0.3, 0.4) is 0 Å². The summed E-state index contributed by atoms with van der Waals surface area (Å²) in [6.07, 6.45) is -4.27. The summed E-state index contributed by atoms with van der Waals surface area (Å²) in [5, 5.41) is 11.0. The summed E-state index contributed by atoms with van der Waals surface area (Å²) in [6.45, 7) is 0. The Labute approximate surface area is 139 Å². The van der Waals surface area contributed by atoms with Gasteiger partial charge in [0.05, 0.1) is 5.56 Å². The quantitative estimate of drug-likeness (QED) is 0.879. The fourth-order valence-corrected chi connectivity index (χ4v) is 3.45. The molecule has 1 N–H and O–H groups in total. The highest BCUT2D eigenvalue weighted by Crippen LogP contribution is 2.34. The molecule has 24 heavy (non-hydrogen) atoms. The molecular weight excluding hydrogens is 341 g/mol. The third-order valence-electron chi connectivity index (χ3n) is 3.79. The van der Waals surface area contributed by atoms with Crippen molar-refractivity contribution in [2.75, 3.05) is 0 Å². The van der Waals surface area contributed by atoms with Crippen molar-refractivity contribution in [2.45, 2.75) is 19.0 Å². The standard InChI is InChI=1S/C17H11F3O3S/c18-17(19,20)9-7-10(24-8-9)5-6-13-14(21)11-3-1-2-4-12(11)15(22)16(13)23/h1-4,7-8,23H,5-6H2. The first-order chi connectivity index (χ1) is 11.3. The summed E-state index contributed by atoms with van der Waals surface area (Å²) in [4.78, 5) is 25.0. The van der Waals surface area contributed by atoms with E-state index in [2.05, 4.69) is 0 Å². The number of aliphatic hydroxyl groups excluding tert-OH is 1. The number of alkyl halides is 3. The van der Waals surface area contributed by atoms with Crippen molar-refractivity contribution >= 4 is 22.9 Å². The summed E-state index contributed by atoms with van der Waals surface area (Å²) < 4.78 is 37.8. The highest BCUT2D eigenvalue weighted by Gasteiger charge is 2.33. The molecule has 2 aromatic rings. The SMILES string of the molecule is O=C1C(O)=C(CCc2cc(C(F)(F)F)cs2)C(=O)c2ccccc21. The Morgan fingerprint density at radius 1 is 1.00 bits per heavy atom. The summed E-state index contributed by atoms with van der Waals surface area (Å²) in [6, 6.07) is 7.17. The molecule has 7 heteroatoms. The molecule has 0 saturated carbocycles. The Bertz CT molecular complexity index is 862. The van der Waals surface area contributed by atoms with Gasteiger partial charge in [-0.3, -0.25) is 9.59 Å². The van der Waals surface area contributed by atoms with E-state index in [9.17, 15) is 27.9 Å². The van der Waals surface area contributed by atoms with Crippen LogP contribution in [0.15, 0.2) is 47.0 Å². The third kappa shape index (κ3) is 2.87. The summed E-state index contributed by atoms with van der Waals surface area (Å²) in [5.41, 5.74) is -0.450. The first-order valence-electron chi connectivity index (χ1n) is 7.04. The van der Waals surface area contributed by atoms with Crippen LogP contribution < -0.4 is 0 Å². The minimum atomic E-state index is -4.41. The molecule has 1 aromatic carbocycles. The Hall–Kier alpha value is -2.41. The molecule has 0 aliphatic heterocycles. The topological polar surface area (TPSA) is 54.4 Å². The molecule has 0 amide bonds. The monoisotopic (exact) mass is 352 g/mol. The van der Waals surface area contributed by atoms with Crippen molar-refractivity contribution in [1.29, 1.82) is 0 Å². The minimum Gasteiger partial charge on any atom is -0.504 e. The summed E-state index contributed by atoms with van der Waals surface area (Å²) in [7, 11) is 0. The van der Waals surface area contributed by atoms with E-state index >= 15 is 0 Å². The molecule has 0 atom stereocenters. The number of fused-ring (bicyclic) bond motifs is 1. The van der Waals surface area contributed by atoms with Gasteiger partial charge in [0.2, 0.25) is 5.78 Å². The fraction of sp³-hybridized carbons (Fsp3) is 0.176. The number of carbonyl (C=O) groups excluding carboxylic acids is 2. The first-order valence-corrected chi connectivity index (χ1v) is 7.92. The maximum atomic E-state index is 12.6. The number of rotatable bonds is 3. The predicted molar refractivity (Wildman–Crippen MR) is 82.4 cm³/mol. The van der Waals surface area contributed by atoms with Gasteiger partial charge in [0.25, 0.3) is 0 Å². The Balaban J connectivity index is 1.83. The molecule has 3 rings (SSSR count). The van der Waals surface area contributed by atoms with Crippen LogP contribution in [-0.4, -0.2) is 16.7 Å². The molecular formula is C17H11F3O3S. The lowest BCUT2D eigenvalue weighted by atomic mass is 9.86. The van der Waals surface area contributed by atoms with E-state index in [-0.39, 0.29) is 29.5 Å². The molecule has 1 heterocycles. The van der Waals surface area contributed by atoms with Gasteiger partial charge < -0.3 is 5.11 Å². The number of allylic oxidation sites excluding steroid dienone is 2. The lowest BCUT2D eigenvalue weighted by Crippen LogP contribution is -2.22. The van der Waals surface area contributed by atoms with Gasteiger partial charge in [0, 0.05) is 27.0 Å². The number of halogens is 3. The van der Waals surface area contributed by atoms with E-state index < -0.39 is 29.1 Å².